The molecule has 0 spiro atoms. The molecular formula is C15H10O6S2. The number of aliphatic hydroxyl groups is 1. The number of thiophene rings is 2. The standard InChI is InChI=1S/C15H10O6S2/c1-19-15-7-3-5-22-10(7)8(16)9(21-15)11-14(15,18)12-6(2-4-23-12)13(17)20-11/h2-5,9,11,18H,1H3/t9-,11+,14+,15+/m1/s1. The molecule has 2 aromatic rings. The molecule has 5 heterocycles. The lowest BCUT2D eigenvalue weighted by molar-refractivity contribution is -0.296. The number of fused-ring (bicyclic) bond motifs is 9. The van der Waals surface area contributed by atoms with Crippen molar-refractivity contribution in [3.63, 3.8) is 0 Å². The van der Waals surface area contributed by atoms with E-state index in [-0.39, 0.29) is 11.3 Å². The molecule has 1 fully saturated rings. The normalized spacial score (nSPS) is 37.1. The van der Waals surface area contributed by atoms with E-state index in [9.17, 15) is 14.7 Å². The Bertz CT molecular complexity index is 869. The molecule has 0 aliphatic carbocycles. The lowest BCUT2D eigenvalue weighted by atomic mass is 9.81. The van der Waals surface area contributed by atoms with Crippen molar-refractivity contribution in [1.82, 2.24) is 0 Å². The molecule has 0 aromatic carbocycles. The average Bonchev–Trinajstić information content (AvgIpc) is 3.24. The van der Waals surface area contributed by atoms with Gasteiger partial charge in [0, 0.05) is 12.7 Å². The second-order valence-corrected chi connectivity index (χ2v) is 7.47. The van der Waals surface area contributed by atoms with Crippen LogP contribution in [0.2, 0.25) is 0 Å². The zero-order valence-corrected chi connectivity index (χ0v) is 13.4. The number of esters is 1. The van der Waals surface area contributed by atoms with Gasteiger partial charge in [-0.2, -0.15) is 0 Å². The molecule has 23 heavy (non-hydrogen) atoms. The van der Waals surface area contributed by atoms with Crippen molar-refractivity contribution in [2.75, 3.05) is 7.11 Å². The van der Waals surface area contributed by atoms with Gasteiger partial charge in [0.05, 0.1) is 15.3 Å². The number of carbonyl (C=O) groups is 2. The third kappa shape index (κ3) is 1.29. The minimum atomic E-state index is -1.76. The first-order valence-electron chi connectivity index (χ1n) is 6.91. The molecule has 1 N–H and O–H groups in total. The molecule has 5 rings (SSSR count). The first-order chi connectivity index (χ1) is 11.0. The Morgan fingerprint density at radius 2 is 2.04 bits per heavy atom. The monoisotopic (exact) mass is 350 g/mol. The fourth-order valence-corrected chi connectivity index (χ4v) is 5.72. The molecule has 2 bridgehead atoms. The third-order valence-electron chi connectivity index (χ3n) is 4.74. The van der Waals surface area contributed by atoms with Crippen LogP contribution in [0.15, 0.2) is 22.9 Å². The highest BCUT2D eigenvalue weighted by Gasteiger charge is 2.76. The molecule has 1 saturated heterocycles. The second-order valence-electron chi connectivity index (χ2n) is 5.64. The van der Waals surface area contributed by atoms with Gasteiger partial charge in [0.1, 0.15) is 0 Å². The number of ketones is 1. The first kappa shape index (κ1) is 13.8. The maximum absolute atomic E-state index is 12.7. The highest BCUT2D eigenvalue weighted by Crippen LogP contribution is 2.61. The molecule has 3 aliphatic heterocycles. The predicted molar refractivity (Wildman–Crippen MR) is 79.6 cm³/mol. The topological polar surface area (TPSA) is 82.1 Å². The highest BCUT2D eigenvalue weighted by atomic mass is 32.1. The summed E-state index contributed by atoms with van der Waals surface area (Å²) >= 11 is 2.49. The molecule has 4 atom stereocenters. The summed E-state index contributed by atoms with van der Waals surface area (Å²) in [5.41, 5.74) is -0.995. The van der Waals surface area contributed by atoms with Crippen molar-refractivity contribution >= 4 is 34.4 Å². The average molecular weight is 350 g/mol. The summed E-state index contributed by atoms with van der Waals surface area (Å²) in [6, 6.07) is 3.31. The van der Waals surface area contributed by atoms with Gasteiger partial charge in [-0.15, -0.1) is 22.7 Å². The Balaban J connectivity index is 1.88. The lowest BCUT2D eigenvalue weighted by Crippen LogP contribution is -2.55. The SMILES string of the molecule is CO[C@]12O[C@H](C(=O)c3sccc31)[C@@H]1OC(=O)c3ccsc3[C@@]12O. The molecule has 118 valence electrons. The van der Waals surface area contributed by atoms with Gasteiger partial charge in [0.25, 0.3) is 0 Å². The Kier molecular flexibility index (Phi) is 2.45. The third-order valence-corrected chi connectivity index (χ3v) is 6.70. The summed E-state index contributed by atoms with van der Waals surface area (Å²) in [6.07, 6.45) is -2.21. The maximum atomic E-state index is 12.7. The van der Waals surface area contributed by atoms with Crippen molar-refractivity contribution in [2.24, 2.45) is 0 Å². The van der Waals surface area contributed by atoms with Crippen LogP contribution in [0.1, 0.15) is 30.5 Å². The number of Topliss-reactive ketones (excluding diaryl/α,β-unsaturated/α-hetero) is 1. The molecule has 2 aromatic heterocycles. The lowest BCUT2D eigenvalue weighted by Gasteiger charge is -2.42. The highest BCUT2D eigenvalue weighted by molar-refractivity contribution is 7.12. The van der Waals surface area contributed by atoms with Crippen molar-refractivity contribution in [1.29, 1.82) is 0 Å². The molecule has 3 aliphatic rings. The number of carbonyl (C=O) groups excluding carboxylic acids is 2. The fraction of sp³-hybridized carbons (Fsp3) is 0.333. The zero-order chi connectivity index (χ0) is 16.0. The van der Waals surface area contributed by atoms with Crippen molar-refractivity contribution in [2.45, 2.75) is 23.6 Å². The second kappa shape index (κ2) is 4.08. The molecule has 0 radical (unpaired) electrons. The summed E-state index contributed by atoms with van der Waals surface area (Å²) in [6.45, 7) is 0. The zero-order valence-electron chi connectivity index (χ0n) is 11.8. The van der Waals surface area contributed by atoms with E-state index >= 15 is 0 Å². The van der Waals surface area contributed by atoms with Crippen LogP contribution in [0.5, 0.6) is 0 Å². The Morgan fingerprint density at radius 3 is 2.83 bits per heavy atom. The van der Waals surface area contributed by atoms with Gasteiger partial charge in [-0.25, -0.2) is 4.79 Å². The van der Waals surface area contributed by atoms with Gasteiger partial charge < -0.3 is 19.3 Å². The maximum Gasteiger partial charge on any atom is 0.339 e. The van der Waals surface area contributed by atoms with Crippen molar-refractivity contribution in [3.8, 4) is 0 Å². The van der Waals surface area contributed by atoms with Crippen LogP contribution in [0.3, 0.4) is 0 Å². The van der Waals surface area contributed by atoms with Crippen LogP contribution in [-0.4, -0.2) is 36.2 Å². The summed E-state index contributed by atoms with van der Waals surface area (Å²) in [4.78, 5) is 25.8. The van der Waals surface area contributed by atoms with E-state index in [1.54, 1.807) is 22.9 Å². The largest absolute Gasteiger partial charge is 0.452 e. The molecule has 8 heteroatoms. The number of rotatable bonds is 1. The van der Waals surface area contributed by atoms with E-state index in [4.69, 9.17) is 14.2 Å². The minimum absolute atomic E-state index is 0.283. The van der Waals surface area contributed by atoms with E-state index in [0.29, 0.717) is 15.3 Å². The van der Waals surface area contributed by atoms with E-state index < -0.39 is 29.6 Å². The van der Waals surface area contributed by atoms with Crippen LogP contribution in [-0.2, 0) is 25.6 Å². The summed E-state index contributed by atoms with van der Waals surface area (Å²) in [7, 11) is 1.42. The Labute approximate surface area is 138 Å². The van der Waals surface area contributed by atoms with Crippen LogP contribution >= 0.6 is 22.7 Å². The van der Waals surface area contributed by atoms with E-state index in [1.165, 1.54) is 29.8 Å². The van der Waals surface area contributed by atoms with Gasteiger partial charge in [-0.05, 0) is 22.9 Å². The molecule has 0 saturated carbocycles. The summed E-state index contributed by atoms with van der Waals surface area (Å²) in [5, 5.41) is 15.1. The number of hydrogen-bond acceptors (Lipinski definition) is 8. The number of hydrogen-bond donors (Lipinski definition) is 1. The summed E-state index contributed by atoms with van der Waals surface area (Å²) in [5.74, 6) is -2.42. The van der Waals surface area contributed by atoms with E-state index in [1.807, 2.05) is 0 Å². The molecular weight excluding hydrogens is 340 g/mol. The molecule has 0 amide bonds. The fourth-order valence-electron chi connectivity index (χ4n) is 3.77. The van der Waals surface area contributed by atoms with Crippen LogP contribution < -0.4 is 0 Å². The van der Waals surface area contributed by atoms with Gasteiger partial charge in [-0.1, -0.05) is 0 Å². The predicted octanol–water partition coefficient (Wildman–Crippen LogP) is 1.63. The van der Waals surface area contributed by atoms with Crippen molar-refractivity contribution < 1.29 is 28.9 Å². The van der Waals surface area contributed by atoms with Crippen LogP contribution in [0.4, 0.5) is 0 Å². The van der Waals surface area contributed by atoms with Crippen molar-refractivity contribution in [3.05, 3.63) is 43.8 Å². The minimum Gasteiger partial charge on any atom is -0.452 e. The quantitative estimate of drug-likeness (QED) is 0.787. The van der Waals surface area contributed by atoms with E-state index in [2.05, 4.69) is 0 Å². The smallest absolute Gasteiger partial charge is 0.339 e. The van der Waals surface area contributed by atoms with Gasteiger partial charge >= 0.3 is 5.97 Å². The Morgan fingerprint density at radius 1 is 1.26 bits per heavy atom. The number of methoxy groups -OCH3 is 1. The summed E-state index contributed by atoms with van der Waals surface area (Å²) < 4.78 is 16.9. The Hall–Kier alpha value is -1.58. The van der Waals surface area contributed by atoms with E-state index in [0.717, 1.165) is 0 Å². The molecule has 6 nitrogen and oxygen atoms in total. The van der Waals surface area contributed by atoms with Crippen LogP contribution in [0, 0.1) is 0 Å². The van der Waals surface area contributed by atoms with Crippen LogP contribution in [0.25, 0.3) is 0 Å². The first-order valence-corrected chi connectivity index (χ1v) is 8.67. The van der Waals surface area contributed by atoms with Gasteiger partial charge in [0.15, 0.2) is 17.8 Å². The molecule has 0 unspecified atom stereocenters. The van der Waals surface area contributed by atoms with Gasteiger partial charge in [-0.3, -0.25) is 4.79 Å². The van der Waals surface area contributed by atoms with Gasteiger partial charge in [0.2, 0.25) is 11.6 Å². The number of ether oxygens (including phenoxy) is 3.